The zero-order valence-corrected chi connectivity index (χ0v) is 10.8. The second-order valence-electron chi connectivity index (χ2n) is 5.72. The van der Waals surface area contributed by atoms with Crippen LogP contribution in [0.2, 0.25) is 0 Å². The maximum Gasteiger partial charge on any atom is 0.312 e. The van der Waals surface area contributed by atoms with Crippen LogP contribution in [0, 0.1) is 5.41 Å². The van der Waals surface area contributed by atoms with E-state index in [2.05, 4.69) is 0 Å². The molecule has 1 rings (SSSR count). The van der Waals surface area contributed by atoms with Gasteiger partial charge in [0, 0.05) is 6.42 Å². The first-order chi connectivity index (χ1) is 7.10. The SMILES string of the molecule is CCC(C)(C)C(=O)OC1(C)COC(C)(O)C1. The van der Waals surface area contributed by atoms with E-state index >= 15 is 0 Å². The van der Waals surface area contributed by atoms with Crippen LogP contribution >= 0.6 is 0 Å². The molecule has 0 aromatic rings. The molecule has 2 unspecified atom stereocenters. The van der Waals surface area contributed by atoms with Crippen molar-refractivity contribution in [2.75, 3.05) is 6.61 Å². The van der Waals surface area contributed by atoms with Crippen molar-refractivity contribution >= 4 is 5.97 Å². The minimum Gasteiger partial charge on any atom is -0.456 e. The zero-order chi connectivity index (χ0) is 12.6. The Balaban J connectivity index is 2.65. The van der Waals surface area contributed by atoms with Crippen LogP contribution in [0.15, 0.2) is 0 Å². The quantitative estimate of drug-likeness (QED) is 0.752. The number of hydrogen-bond acceptors (Lipinski definition) is 4. The molecule has 0 amide bonds. The first-order valence-electron chi connectivity index (χ1n) is 5.70. The lowest BCUT2D eigenvalue weighted by Gasteiger charge is -2.29. The molecule has 94 valence electrons. The Morgan fingerprint density at radius 2 is 2.06 bits per heavy atom. The molecule has 0 bridgehead atoms. The van der Waals surface area contributed by atoms with Gasteiger partial charge in [-0.1, -0.05) is 6.92 Å². The average Bonchev–Trinajstić information content (AvgIpc) is 2.40. The molecule has 1 N–H and O–H groups in total. The van der Waals surface area contributed by atoms with Crippen LogP contribution in [0.5, 0.6) is 0 Å². The number of esters is 1. The topological polar surface area (TPSA) is 55.8 Å². The Kier molecular flexibility index (Phi) is 3.37. The van der Waals surface area contributed by atoms with Crippen LogP contribution in [0.25, 0.3) is 0 Å². The third kappa shape index (κ3) is 2.95. The minimum atomic E-state index is -1.19. The van der Waals surface area contributed by atoms with E-state index in [-0.39, 0.29) is 12.6 Å². The largest absolute Gasteiger partial charge is 0.456 e. The summed E-state index contributed by atoms with van der Waals surface area (Å²) in [5.74, 6) is -1.43. The van der Waals surface area contributed by atoms with Crippen LogP contribution in [0.3, 0.4) is 0 Å². The van der Waals surface area contributed by atoms with Crippen LogP contribution < -0.4 is 0 Å². The van der Waals surface area contributed by atoms with E-state index in [9.17, 15) is 9.90 Å². The van der Waals surface area contributed by atoms with Crippen LogP contribution in [-0.4, -0.2) is 29.1 Å². The van der Waals surface area contributed by atoms with Gasteiger partial charge in [-0.05, 0) is 34.1 Å². The number of carbonyl (C=O) groups excluding carboxylic acids is 1. The lowest BCUT2D eigenvalue weighted by molar-refractivity contribution is -0.169. The summed E-state index contributed by atoms with van der Waals surface area (Å²) in [5.41, 5.74) is -1.20. The van der Waals surface area contributed by atoms with Gasteiger partial charge in [-0.2, -0.15) is 0 Å². The predicted octanol–water partition coefficient (Wildman–Crippen LogP) is 1.85. The molecule has 0 aromatic heterocycles. The molecule has 4 nitrogen and oxygen atoms in total. The molecule has 4 heteroatoms. The summed E-state index contributed by atoms with van der Waals surface area (Å²) in [6, 6.07) is 0. The molecule has 1 aliphatic rings. The molecule has 0 spiro atoms. The number of aliphatic hydroxyl groups is 1. The van der Waals surface area contributed by atoms with Gasteiger partial charge in [-0.25, -0.2) is 0 Å². The highest BCUT2D eigenvalue weighted by atomic mass is 16.7. The smallest absolute Gasteiger partial charge is 0.312 e. The first-order valence-corrected chi connectivity index (χ1v) is 5.70. The second kappa shape index (κ2) is 4.00. The Morgan fingerprint density at radius 1 is 1.50 bits per heavy atom. The third-order valence-corrected chi connectivity index (χ3v) is 3.17. The predicted molar refractivity (Wildman–Crippen MR) is 59.8 cm³/mol. The number of rotatable bonds is 3. The van der Waals surface area contributed by atoms with Crippen molar-refractivity contribution in [2.45, 2.75) is 58.8 Å². The maximum absolute atomic E-state index is 11.9. The maximum atomic E-state index is 11.9. The van der Waals surface area contributed by atoms with Gasteiger partial charge in [-0.3, -0.25) is 4.79 Å². The van der Waals surface area contributed by atoms with Gasteiger partial charge in [0.2, 0.25) is 0 Å². The lowest BCUT2D eigenvalue weighted by atomic mass is 9.90. The van der Waals surface area contributed by atoms with Crippen molar-refractivity contribution < 1.29 is 19.4 Å². The number of hydrogen-bond donors (Lipinski definition) is 1. The summed E-state index contributed by atoms with van der Waals surface area (Å²) >= 11 is 0. The molecule has 1 saturated heterocycles. The van der Waals surface area contributed by atoms with Crippen molar-refractivity contribution in [2.24, 2.45) is 5.41 Å². The van der Waals surface area contributed by atoms with E-state index in [1.807, 2.05) is 20.8 Å². The molecule has 16 heavy (non-hydrogen) atoms. The normalized spacial score (nSPS) is 35.1. The molecule has 2 atom stereocenters. The first kappa shape index (κ1) is 13.5. The average molecular weight is 230 g/mol. The highest BCUT2D eigenvalue weighted by Gasteiger charge is 2.47. The van der Waals surface area contributed by atoms with Gasteiger partial charge in [-0.15, -0.1) is 0 Å². The summed E-state index contributed by atoms with van der Waals surface area (Å²) in [7, 11) is 0. The lowest BCUT2D eigenvalue weighted by Crippen LogP contribution is -2.38. The molecule has 1 heterocycles. The zero-order valence-electron chi connectivity index (χ0n) is 10.8. The van der Waals surface area contributed by atoms with Crippen molar-refractivity contribution in [3.8, 4) is 0 Å². The van der Waals surface area contributed by atoms with E-state index in [0.717, 1.165) is 6.42 Å². The van der Waals surface area contributed by atoms with Crippen LogP contribution in [0.1, 0.15) is 47.5 Å². The fourth-order valence-electron chi connectivity index (χ4n) is 1.68. The fraction of sp³-hybridized carbons (Fsp3) is 0.917. The Hall–Kier alpha value is -0.610. The second-order valence-corrected chi connectivity index (χ2v) is 5.72. The molecular weight excluding hydrogens is 208 g/mol. The highest BCUT2D eigenvalue weighted by Crippen LogP contribution is 2.35. The minimum absolute atomic E-state index is 0.237. The molecule has 1 fully saturated rings. The van der Waals surface area contributed by atoms with Gasteiger partial charge < -0.3 is 14.6 Å². The Labute approximate surface area is 96.9 Å². The highest BCUT2D eigenvalue weighted by molar-refractivity contribution is 5.76. The summed E-state index contributed by atoms with van der Waals surface area (Å²) in [5, 5.41) is 9.69. The van der Waals surface area contributed by atoms with Crippen molar-refractivity contribution in [3.63, 3.8) is 0 Å². The monoisotopic (exact) mass is 230 g/mol. The van der Waals surface area contributed by atoms with E-state index in [1.165, 1.54) is 0 Å². The number of carbonyl (C=O) groups is 1. The van der Waals surface area contributed by atoms with E-state index < -0.39 is 16.8 Å². The van der Waals surface area contributed by atoms with Gasteiger partial charge in [0.1, 0.15) is 5.60 Å². The summed E-state index contributed by atoms with van der Waals surface area (Å²) in [6.45, 7) is 9.27. The Bertz CT molecular complexity index is 283. The molecule has 0 radical (unpaired) electrons. The fourth-order valence-corrected chi connectivity index (χ4v) is 1.68. The van der Waals surface area contributed by atoms with Gasteiger partial charge in [0.15, 0.2) is 5.79 Å². The van der Waals surface area contributed by atoms with Crippen LogP contribution in [-0.2, 0) is 14.3 Å². The molecule has 0 aromatic carbocycles. The van der Waals surface area contributed by atoms with E-state index in [1.54, 1.807) is 13.8 Å². The summed E-state index contributed by atoms with van der Waals surface area (Å²) < 4.78 is 10.6. The number of ether oxygens (including phenoxy) is 2. The molecule has 0 aliphatic carbocycles. The summed E-state index contributed by atoms with van der Waals surface area (Å²) in [4.78, 5) is 11.9. The van der Waals surface area contributed by atoms with Crippen molar-refractivity contribution in [1.29, 1.82) is 0 Å². The van der Waals surface area contributed by atoms with E-state index in [4.69, 9.17) is 9.47 Å². The Morgan fingerprint density at radius 3 is 2.44 bits per heavy atom. The van der Waals surface area contributed by atoms with Crippen molar-refractivity contribution in [3.05, 3.63) is 0 Å². The molecule has 1 aliphatic heterocycles. The third-order valence-electron chi connectivity index (χ3n) is 3.17. The van der Waals surface area contributed by atoms with Crippen LogP contribution in [0.4, 0.5) is 0 Å². The van der Waals surface area contributed by atoms with Crippen molar-refractivity contribution in [1.82, 2.24) is 0 Å². The standard InChI is InChI=1S/C12H22O4/c1-6-10(2,3)9(13)16-11(4)7-12(5,14)15-8-11/h14H,6-8H2,1-5H3. The van der Waals surface area contributed by atoms with Gasteiger partial charge >= 0.3 is 5.97 Å². The van der Waals surface area contributed by atoms with Gasteiger partial charge in [0.25, 0.3) is 0 Å². The summed E-state index contributed by atoms with van der Waals surface area (Å²) in [6.07, 6.45) is 1.03. The van der Waals surface area contributed by atoms with Gasteiger partial charge in [0.05, 0.1) is 12.0 Å². The van der Waals surface area contributed by atoms with E-state index in [0.29, 0.717) is 6.42 Å². The molecular formula is C12H22O4. The molecule has 0 saturated carbocycles.